The lowest BCUT2D eigenvalue weighted by atomic mass is 10.1. The van der Waals surface area contributed by atoms with Gasteiger partial charge in [0.05, 0.1) is 6.04 Å². The lowest BCUT2D eigenvalue weighted by Gasteiger charge is -2.32. The van der Waals surface area contributed by atoms with Crippen LogP contribution in [0, 0.1) is 12.8 Å². The van der Waals surface area contributed by atoms with E-state index in [2.05, 4.69) is 49.0 Å². The van der Waals surface area contributed by atoms with Crippen molar-refractivity contribution in [2.75, 3.05) is 26.2 Å². The quantitative estimate of drug-likeness (QED) is 0.900. The highest BCUT2D eigenvalue weighted by Gasteiger charge is 2.20. The summed E-state index contributed by atoms with van der Waals surface area (Å²) in [7, 11) is 0. The molecule has 2 rings (SSSR count). The zero-order valence-corrected chi connectivity index (χ0v) is 12.6. The monoisotopic (exact) mass is 262 g/mol. The summed E-state index contributed by atoms with van der Waals surface area (Å²) in [6.07, 6.45) is 1.03. The van der Waals surface area contributed by atoms with E-state index in [4.69, 9.17) is 4.98 Å². The van der Waals surface area contributed by atoms with Gasteiger partial charge in [-0.2, -0.15) is 0 Å². The van der Waals surface area contributed by atoms with E-state index in [1.165, 1.54) is 5.69 Å². The van der Waals surface area contributed by atoms with Crippen molar-refractivity contribution in [2.45, 2.75) is 40.2 Å². The van der Waals surface area contributed by atoms with Gasteiger partial charge >= 0.3 is 0 Å². The van der Waals surface area contributed by atoms with Crippen molar-refractivity contribution < 1.29 is 0 Å². The molecule has 1 saturated heterocycles. The standard InChI is InChI=1S/C15H26N4/c1-11(2)9-14-10-12(3)17-15(18-14)13(4)19-7-5-16-6-8-19/h10-11,13,16H,5-9H2,1-4H3. The van der Waals surface area contributed by atoms with E-state index in [1.807, 2.05) is 0 Å². The molecule has 0 saturated carbocycles. The molecule has 1 aromatic heterocycles. The zero-order chi connectivity index (χ0) is 13.8. The van der Waals surface area contributed by atoms with Crippen molar-refractivity contribution in [2.24, 2.45) is 5.92 Å². The van der Waals surface area contributed by atoms with E-state index in [0.29, 0.717) is 12.0 Å². The molecule has 1 unspecified atom stereocenters. The Kier molecular flexibility index (Phi) is 4.88. The van der Waals surface area contributed by atoms with Crippen LogP contribution in [0.25, 0.3) is 0 Å². The highest BCUT2D eigenvalue weighted by atomic mass is 15.2. The maximum Gasteiger partial charge on any atom is 0.145 e. The summed E-state index contributed by atoms with van der Waals surface area (Å²) < 4.78 is 0. The molecule has 19 heavy (non-hydrogen) atoms. The van der Waals surface area contributed by atoms with Crippen LogP contribution in [-0.4, -0.2) is 41.0 Å². The van der Waals surface area contributed by atoms with Crippen LogP contribution in [0.15, 0.2) is 6.07 Å². The summed E-state index contributed by atoms with van der Waals surface area (Å²) in [4.78, 5) is 11.9. The first-order valence-corrected chi connectivity index (χ1v) is 7.35. The van der Waals surface area contributed by atoms with Crippen LogP contribution in [0.3, 0.4) is 0 Å². The Morgan fingerprint density at radius 3 is 2.53 bits per heavy atom. The number of hydrogen-bond acceptors (Lipinski definition) is 4. The summed E-state index contributed by atoms with van der Waals surface area (Å²) >= 11 is 0. The van der Waals surface area contributed by atoms with Gasteiger partial charge in [-0.3, -0.25) is 4.90 Å². The highest BCUT2D eigenvalue weighted by Crippen LogP contribution is 2.18. The van der Waals surface area contributed by atoms with Crippen LogP contribution in [-0.2, 0) is 6.42 Å². The molecule has 0 radical (unpaired) electrons. The topological polar surface area (TPSA) is 41.1 Å². The van der Waals surface area contributed by atoms with Crippen LogP contribution in [0.2, 0.25) is 0 Å². The predicted molar refractivity (Wildman–Crippen MR) is 78.2 cm³/mol. The smallest absolute Gasteiger partial charge is 0.145 e. The van der Waals surface area contributed by atoms with Crippen molar-refractivity contribution in [3.8, 4) is 0 Å². The fourth-order valence-corrected chi connectivity index (χ4v) is 2.60. The van der Waals surface area contributed by atoms with Crippen molar-refractivity contribution in [1.82, 2.24) is 20.2 Å². The largest absolute Gasteiger partial charge is 0.314 e. The van der Waals surface area contributed by atoms with Gasteiger partial charge in [-0.05, 0) is 32.3 Å². The van der Waals surface area contributed by atoms with Gasteiger partial charge in [-0.25, -0.2) is 9.97 Å². The molecule has 1 N–H and O–H groups in total. The first kappa shape index (κ1) is 14.4. The number of aromatic nitrogens is 2. The molecule has 0 aromatic carbocycles. The van der Waals surface area contributed by atoms with Gasteiger partial charge in [-0.1, -0.05) is 13.8 Å². The summed E-state index contributed by atoms with van der Waals surface area (Å²) in [5.74, 6) is 1.62. The van der Waals surface area contributed by atoms with Crippen LogP contribution in [0.5, 0.6) is 0 Å². The maximum atomic E-state index is 4.78. The first-order chi connectivity index (χ1) is 9.06. The minimum Gasteiger partial charge on any atom is -0.314 e. The highest BCUT2D eigenvalue weighted by molar-refractivity contribution is 5.12. The Bertz CT molecular complexity index is 411. The lowest BCUT2D eigenvalue weighted by Crippen LogP contribution is -2.44. The maximum absolute atomic E-state index is 4.78. The number of nitrogens with one attached hydrogen (secondary N) is 1. The second-order valence-corrected chi connectivity index (χ2v) is 5.92. The Balaban J connectivity index is 2.15. The van der Waals surface area contributed by atoms with Crippen molar-refractivity contribution in [3.63, 3.8) is 0 Å². The number of nitrogens with zero attached hydrogens (tertiary/aromatic N) is 3. The fraction of sp³-hybridized carbons (Fsp3) is 0.733. The minimum atomic E-state index is 0.313. The Morgan fingerprint density at radius 1 is 1.21 bits per heavy atom. The van der Waals surface area contributed by atoms with E-state index >= 15 is 0 Å². The molecule has 1 atom stereocenters. The van der Waals surface area contributed by atoms with Crippen molar-refractivity contribution in [3.05, 3.63) is 23.3 Å². The molecule has 0 amide bonds. The van der Waals surface area contributed by atoms with Crippen LogP contribution in [0.4, 0.5) is 0 Å². The molecule has 0 aliphatic carbocycles. The molecule has 1 fully saturated rings. The van der Waals surface area contributed by atoms with E-state index < -0.39 is 0 Å². The Labute approximate surface area is 116 Å². The number of piperazine rings is 1. The molecular formula is C15H26N4. The fourth-order valence-electron chi connectivity index (χ4n) is 2.60. The van der Waals surface area contributed by atoms with Gasteiger partial charge in [0.2, 0.25) is 0 Å². The van der Waals surface area contributed by atoms with Crippen LogP contribution in [0.1, 0.15) is 44.0 Å². The van der Waals surface area contributed by atoms with Gasteiger partial charge < -0.3 is 5.32 Å². The summed E-state index contributed by atoms with van der Waals surface area (Å²) in [5.41, 5.74) is 2.27. The van der Waals surface area contributed by atoms with Crippen molar-refractivity contribution in [1.29, 1.82) is 0 Å². The molecular weight excluding hydrogens is 236 g/mol. The summed E-state index contributed by atoms with van der Waals surface area (Å²) in [6.45, 7) is 13.0. The second-order valence-electron chi connectivity index (χ2n) is 5.92. The third-order valence-electron chi connectivity index (χ3n) is 3.61. The first-order valence-electron chi connectivity index (χ1n) is 7.35. The molecule has 2 heterocycles. The second kappa shape index (κ2) is 6.44. The zero-order valence-electron chi connectivity index (χ0n) is 12.6. The van der Waals surface area contributed by atoms with Crippen LogP contribution < -0.4 is 5.32 Å². The van der Waals surface area contributed by atoms with Crippen LogP contribution >= 0.6 is 0 Å². The van der Waals surface area contributed by atoms with E-state index in [9.17, 15) is 0 Å². The average Bonchev–Trinajstić information content (AvgIpc) is 2.37. The molecule has 106 valence electrons. The molecule has 0 bridgehead atoms. The molecule has 1 aliphatic rings. The van der Waals surface area contributed by atoms with Gasteiger partial charge in [0.15, 0.2) is 0 Å². The SMILES string of the molecule is Cc1cc(CC(C)C)nc(C(C)N2CCNCC2)n1. The van der Waals surface area contributed by atoms with Gasteiger partial charge in [0, 0.05) is 37.6 Å². The number of hydrogen-bond donors (Lipinski definition) is 1. The number of aryl methyl sites for hydroxylation is 1. The third kappa shape index (κ3) is 3.98. The number of rotatable bonds is 4. The van der Waals surface area contributed by atoms with E-state index in [1.54, 1.807) is 0 Å². The van der Waals surface area contributed by atoms with E-state index in [-0.39, 0.29) is 0 Å². The molecule has 1 aromatic rings. The minimum absolute atomic E-state index is 0.313. The molecule has 4 heteroatoms. The molecule has 4 nitrogen and oxygen atoms in total. The van der Waals surface area contributed by atoms with Gasteiger partial charge in [0.1, 0.15) is 5.82 Å². The normalized spacial score (nSPS) is 18.8. The van der Waals surface area contributed by atoms with Gasteiger partial charge in [-0.15, -0.1) is 0 Å². The Morgan fingerprint density at radius 2 is 1.89 bits per heavy atom. The third-order valence-corrected chi connectivity index (χ3v) is 3.61. The van der Waals surface area contributed by atoms with E-state index in [0.717, 1.165) is 44.1 Å². The summed E-state index contributed by atoms with van der Waals surface area (Å²) in [6, 6.07) is 2.43. The summed E-state index contributed by atoms with van der Waals surface area (Å²) in [5, 5.41) is 3.39. The molecule has 1 aliphatic heterocycles. The Hall–Kier alpha value is -1.00. The predicted octanol–water partition coefficient (Wildman–Crippen LogP) is 1.95. The lowest BCUT2D eigenvalue weighted by molar-refractivity contribution is 0.178. The van der Waals surface area contributed by atoms with Gasteiger partial charge in [0.25, 0.3) is 0 Å². The molecule has 0 spiro atoms. The van der Waals surface area contributed by atoms with Crippen molar-refractivity contribution >= 4 is 0 Å². The average molecular weight is 262 g/mol.